The topological polar surface area (TPSA) is 34.1 Å². The van der Waals surface area contributed by atoms with Gasteiger partial charge in [0.15, 0.2) is 5.78 Å². The van der Waals surface area contributed by atoms with E-state index in [0.29, 0.717) is 12.0 Å². The van der Waals surface area contributed by atoms with Crippen molar-refractivity contribution in [1.29, 1.82) is 0 Å². The summed E-state index contributed by atoms with van der Waals surface area (Å²) < 4.78 is 0. The number of Topliss-reactive ketones (excluding diaryl/α,β-unsaturated/α-hetero) is 1. The molecule has 0 saturated carbocycles. The minimum Gasteiger partial charge on any atom is -0.298 e. The van der Waals surface area contributed by atoms with Crippen LogP contribution in [0.1, 0.15) is 38.3 Å². The standard InChI is InChI=1S/C11H10O2/c1-7-2-3-8(6-12)9-4-5-10(13)11(7)9/h2-3,6H,4-5H2,1H3. The quantitative estimate of drug-likeness (QED) is 0.610. The molecule has 66 valence electrons. The van der Waals surface area contributed by atoms with Crippen molar-refractivity contribution in [3.63, 3.8) is 0 Å². The van der Waals surface area contributed by atoms with Crippen LogP contribution in [0, 0.1) is 6.92 Å². The van der Waals surface area contributed by atoms with E-state index in [0.717, 1.165) is 29.4 Å². The summed E-state index contributed by atoms with van der Waals surface area (Å²) in [5.74, 6) is 0.177. The van der Waals surface area contributed by atoms with E-state index >= 15 is 0 Å². The number of benzene rings is 1. The number of hydrogen-bond acceptors (Lipinski definition) is 2. The molecule has 0 fully saturated rings. The van der Waals surface area contributed by atoms with Crippen molar-refractivity contribution in [2.45, 2.75) is 19.8 Å². The van der Waals surface area contributed by atoms with Gasteiger partial charge in [-0.25, -0.2) is 0 Å². The molecule has 1 aliphatic rings. The van der Waals surface area contributed by atoms with E-state index in [1.54, 1.807) is 6.07 Å². The molecule has 0 atom stereocenters. The summed E-state index contributed by atoms with van der Waals surface area (Å²) in [5, 5.41) is 0. The van der Waals surface area contributed by atoms with Crippen LogP contribution in [0.5, 0.6) is 0 Å². The lowest BCUT2D eigenvalue weighted by Gasteiger charge is -2.04. The molecule has 0 unspecified atom stereocenters. The molecule has 1 aliphatic carbocycles. The third-order valence-corrected chi connectivity index (χ3v) is 2.57. The molecule has 0 saturated heterocycles. The molecule has 1 aromatic carbocycles. The van der Waals surface area contributed by atoms with Crippen LogP contribution in [0.4, 0.5) is 0 Å². The van der Waals surface area contributed by atoms with Gasteiger partial charge in [0.1, 0.15) is 6.29 Å². The fraction of sp³-hybridized carbons (Fsp3) is 0.273. The van der Waals surface area contributed by atoms with Gasteiger partial charge in [-0.3, -0.25) is 9.59 Å². The van der Waals surface area contributed by atoms with Crippen molar-refractivity contribution in [3.8, 4) is 0 Å². The van der Waals surface area contributed by atoms with Crippen LogP contribution >= 0.6 is 0 Å². The monoisotopic (exact) mass is 174 g/mol. The van der Waals surface area contributed by atoms with Gasteiger partial charge in [0.05, 0.1) is 0 Å². The molecule has 0 N–H and O–H groups in total. The maximum Gasteiger partial charge on any atom is 0.163 e. The van der Waals surface area contributed by atoms with E-state index in [4.69, 9.17) is 0 Å². The first-order valence-electron chi connectivity index (χ1n) is 4.35. The summed E-state index contributed by atoms with van der Waals surface area (Å²) in [4.78, 5) is 22.1. The summed E-state index contributed by atoms with van der Waals surface area (Å²) in [6, 6.07) is 3.63. The Morgan fingerprint density at radius 3 is 2.77 bits per heavy atom. The number of hydrogen-bond donors (Lipinski definition) is 0. The predicted molar refractivity (Wildman–Crippen MR) is 49.2 cm³/mol. The molecule has 0 amide bonds. The first-order valence-corrected chi connectivity index (χ1v) is 4.35. The fourth-order valence-corrected chi connectivity index (χ4v) is 1.91. The zero-order valence-corrected chi connectivity index (χ0v) is 7.46. The van der Waals surface area contributed by atoms with Crippen LogP contribution in [0.3, 0.4) is 0 Å². The molecule has 0 radical (unpaired) electrons. The first kappa shape index (κ1) is 8.17. The van der Waals surface area contributed by atoms with E-state index in [-0.39, 0.29) is 5.78 Å². The van der Waals surface area contributed by atoms with Crippen LogP contribution in [0.25, 0.3) is 0 Å². The summed E-state index contributed by atoms with van der Waals surface area (Å²) >= 11 is 0. The molecule has 2 heteroatoms. The number of rotatable bonds is 1. The Balaban J connectivity index is 2.72. The maximum absolute atomic E-state index is 11.4. The lowest BCUT2D eigenvalue weighted by atomic mass is 9.99. The van der Waals surface area contributed by atoms with Gasteiger partial charge >= 0.3 is 0 Å². The van der Waals surface area contributed by atoms with Gasteiger partial charge in [-0.05, 0) is 24.5 Å². The van der Waals surface area contributed by atoms with Crippen molar-refractivity contribution < 1.29 is 9.59 Å². The van der Waals surface area contributed by atoms with Gasteiger partial charge in [-0.1, -0.05) is 12.1 Å². The normalized spacial score (nSPS) is 14.4. The second kappa shape index (κ2) is 2.80. The summed E-state index contributed by atoms with van der Waals surface area (Å²) in [6.45, 7) is 1.91. The number of carbonyl (C=O) groups is 2. The number of ketones is 1. The third kappa shape index (κ3) is 1.10. The van der Waals surface area contributed by atoms with Gasteiger partial charge < -0.3 is 0 Å². The molecule has 0 aromatic heterocycles. The molecular formula is C11H10O2. The van der Waals surface area contributed by atoms with Crippen LogP contribution in [-0.2, 0) is 6.42 Å². The van der Waals surface area contributed by atoms with Crippen LogP contribution in [-0.4, -0.2) is 12.1 Å². The molecule has 2 nitrogen and oxygen atoms in total. The molecule has 2 rings (SSSR count). The number of fused-ring (bicyclic) bond motifs is 1. The van der Waals surface area contributed by atoms with Gasteiger partial charge in [-0.2, -0.15) is 0 Å². The van der Waals surface area contributed by atoms with E-state index in [2.05, 4.69) is 0 Å². The van der Waals surface area contributed by atoms with Crippen LogP contribution in [0.15, 0.2) is 12.1 Å². The lowest BCUT2D eigenvalue weighted by Crippen LogP contribution is -1.97. The zero-order chi connectivity index (χ0) is 9.42. The number of aryl methyl sites for hydroxylation is 1. The smallest absolute Gasteiger partial charge is 0.163 e. The number of carbonyl (C=O) groups excluding carboxylic acids is 2. The minimum absolute atomic E-state index is 0.177. The minimum atomic E-state index is 0.177. The van der Waals surface area contributed by atoms with Crippen molar-refractivity contribution in [2.24, 2.45) is 0 Å². The van der Waals surface area contributed by atoms with E-state index in [1.807, 2.05) is 13.0 Å². The van der Waals surface area contributed by atoms with Crippen molar-refractivity contribution in [3.05, 3.63) is 34.4 Å². The highest BCUT2D eigenvalue weighted by Crippen LogP contribution is 2.27. The van der Waals surface area contributed by atoms with E-state index < -0.39 is 0 Å². The second-order valence-corrected chi connectivity index (χ2v) is 3.37. The highest BCUT2D eigenvalue weighted by molar-refractivity contribution is 6.03. The van der Waals surface area contributed by atoms with Crippen molar-refractivity contribution in [1.82, 2.24) is 0 Å². The third-order valence-electron chi connectivity index (χ3n) is 2.57. The molecule has 0 spiro atoms. The fourth-order valence-electron chi connectivity index (χ4n) is 1.91. The maximum atomic E-state index is 11.4. The average molecular weight is 174 g/mol. The lowest BCUT2D eigenvalue weighted by molar-refractivity contribution is 0.0994. The molecule has 0 bridgehead atoms. The Bertz CT molecular complexity index is 391. The van der Waals surface area contributed by atoms with Gasteiger partial charge in [-0.15, -0.1) is 0 Å². The largest absolute Gasteiger partial charge is 0.298 e. The summed E-state index contributed by atoms with van der Waals surface area (Å²) in [6.07, 6.45) is 2.11. The summed E-state index contributed by atoms with van der Waals surface area (Å²) in [7, 11) is 0. The van der Waals surface area contributed by atoms with Crippen LogP contribution < -0.4 is 0 Å². The molecule has 13 heavy (non-hydrogen) atoms. The van der Waals surface area contributed by atoms with Crippen molar-refractivity contribution >= 4 is 12.1 Å². The van der Waals surface area contributed by atoms with Gasteiger partial charge in [0, 0.05) is 17.5 Å². The summed E-state index contributed by atoms with van der Waals surface area (Å²) in [5.41, 5.74) is 3.39. The Kier molecular flexibility index (Phi) is 1.76. The van der Waals surface area contributed by atoms with Gasteiger partial charge in [0.25, 0.3) is 0 Å². The highest BCUT2D eigenvalue weighted by atomic mass is 16.1. The first-order chi connectivity index (χ1) is 6.24. The Labute approximate surface area is 76.6 Å². The Hall–Kier alpha value is -1.44. The molecule has 1 aromatic rings. The Morgan fingerprint density at radius 1 is 1.31 bits per heavy atom. The molecule has 0 aliphatic heterocycles. The highest BCUT2D eigenvalue weighted by Gasteiger charge is 2.23. The van der Waals surface area contributed by atoms with E-state index in [9.17, 15) is 9.59 Å². The van der Waals surface area contributed by atoms with Crippen molar-refractivity contribution in [2.75, 3.05) is 0 Å². The second-order valence-electron chi connectivity index (χ2n) is 3.37. The Morgan fingerprint density at radius 2 is 2.08 bits per heavy atom. The van der Waals surface area contributed by atoms with E-state index in [1.165, 1.54) is 0 Å². The molecular weight excluding hydrogens is 164 g/mol. The zero-order valence-electron chi connectivity index (χ0n) is 7.46. The molecule has 0 heterocycles. The average Bonchev–Trinajstić information content (AvgIpc) is 2.50. The SMILES string of the molecule is Cc1ccc(C=O)c2c1C(=O)CC2. The van der Waals surface area contributed by atoms with Gasteiger partial charge in [0.2, 0.25) is 0 Å². The predicted octanol–water partition coefficient (Wildman–Crippen LogP) is 1.94. The van der Waals surface area contributed by atoms with Crippen LogP contribution in [0.2, 0.25) is 0 Å². The number of aldehydes is 1.